The first-order valence-electron chi connectivity index (χ1n) is 12.0. The van der Waals surface area contributed by atoms with E-state index in [2.05, 4.69) is 15.0 Å². The molecule has 2 unspecified atom stereocenters. The SMILES string of the molecule is O=C(O)c1cnc(N2C3CCC2CC(OCc2c(-c4ccccc4C(F)(F)F)noc2C2CC2)C3)s1. The summed E-state index contributed by atoms with van der Waals surface area (Å²) in [5.74, 6) is -0.173. The second-order valence-corrected chi connectivity index (χ2v) is 10.7. The Balaban J connectivity index is 1.21. The number of hydrogen-bond acceptors (Lipinski definition) is 7. The molecule has 1 saturated carbocycles. The number of carboxylic acids is 1. The van der Waals surface area contributed by atoms with Gasteiger partial charge in [-0.1, -0.05) is 34.7 Å². The quantitative estimate of drug-likeness (QED) is 0.403. The number of piperidine rings is 1. The van der Waals surface area contributed by atoms with Gasteiger partial charge in [0.25, 0.3) is 0 Å². The van der Waals surface area contributed by atoms with Gasteiger partial charge in [0, 0.05) is 29.1 Å². The summed E-state index contributed by atoms with van der Waals surface area (Å²) in [6.45, 7) is 0.140. The lowest BCUT2D eigenvalue weighted by Gasteiger charge is -2.38. The van der Waals surface area contributed by atoms with Gasteiger partial charge in [0.2, 0.25) is 0 Å². The van der Waals surface area contributed by atoms with E-state index in [4.69, 9.17) is 9.26 Å². The van der Waals surface area contributed by atoms with Gasteiger partial charge in [0.1, 0.15) is 16.3 Å². The third kappa shape index (κ3) is 4.28. The number of carbonyl (C=O) groups is 1. The molecule has 3 aromatic rings. The zero-order valence-corrected chi connectivity index (χ0v) is 20.0. The summed E-state index contributed by atoms with van der Waals surface area (Å²) in [4.78, 5) is 18.0. The molecule has 3 fully saturated rings. The molecule has 2 bridgehead atoms. The summed E-state index contributed by atoms with van der Waals surface area (Å²) in [5, 5.41) is 14.0. The molecule has 36 heavy (non-hydrogen) atoms. The van der Waals surface area contributed by atoms with E-state index in [1.807, 2.05) is 0 Å². The largest absolute Gasteiger partial charge is 0.477 e. The van der Waals surface area contributed by atoms with Crippen molar-refractivity contribution in [1.82, 2.24) is 10.1 Å². The van der Waals surface area contributed by atoms with Crippen molar-refractivity contribution in [1.29, 1.82) is 0 Å². The Morgan fingerprint density at radius 3 is 2.53 bits per heavy atom. The van der Waals surface area contributed by atoms with Crippen molar-refractivity contribution in [2.45, 2.75) is 75.4 Å². The van der Waals surface area contributed by atoms with Crippen molar-refractivity contribution in [3.63, 3.8) is 0 Å². The van der Waals surface area contributed by atoms with Crippen molar-refractivity contribution in [2.24, 2.45) is 0 Å². The van der Waals surface area contributed by atoms with Crippen LogP contribution in [0, 0.1) is 0 Å². The fraction of sp³-hybridized carbons (Fsp3) is 0.480. The van der Waals surface area contributed by atoms with Gasteiger partial charge in [-0.15, -0.1) is 0 Å². The molecule has 2 saturated heterocycles. The van der Waals surface area contributed by atoms with Crippen LogP contribution in [-0.2, 0) is 17.5 Å². The fourth-order valence-electron chi connectivity index (χ4n) is 5.54. The van der Waals surface area contributed by atoms with Crippen molar-refractivity contribution in [3.05, 3.63) is 52.2 Å². The molecule has 0 amide bonds. The van der Waals surface area contributed by atoms with Gasteiger partial charge < -0.3 is 19.3 Å². The van der Waals surface area contributed by atoms with Crippen molar-refractivity contribution < 1.29 is 32.3 Å². The maximum atomic E-state index is 13.7. The molecule has 2 aliphatic heterocycles. The molecule has 0 spiro atoms. The number of anilines is 1. The van der Waals surface area contributed by atoms with Crippen LogP contribution in [0.15, 0.2) is 35.0 Å². The minimum absolute atomic E-state index is 0.00661. The summed E-state index contributed by atoms with van der Waals surface area (Å²) >= 11 is 1.18. The predicted molar refractivity (Wildman–Crippen MR) is 125 cm³/mol. The smallest absolute Gasteiger partial charge is 0.417 e. The molecule has 3 aliphatic rings. The van der Waals surface area contributed by atoms with E-state index in [0.29, 0.717) is 11.3 Å². The third-order valence-corrected chi connectivity index (χ3v) is 8.33. The van der Waals surface area contributed by atoms with E-state index in [1.54, 1.807) is 6.07 Å². The molecular weight excluding hydrogens is 495 g/mol. The molecule has 0 radical (unpaired) electrons. The number of fused-ring (bicyclic) bond motifs is 2. The minimum Gasteiger partial charge on any atom is -0.477 e. The first-order chi connectivity index (χ1) is 17.3. The maximum absolute atomic E-state index is 13.7. The molecule has 11 heteroatoms. The highest BCUT2D eigenvalue weighted by molar-refractivity contribution is 7.17. The summed E-state index contributed by atoms with van der Waals surface area (Å²) < 4.78 is 53.0. The normalized spacial score (nSPS) is 23.9. The molecule has 7 nitrogen and oxygen atoms in total. The lowest BCUT2D eigenvalue weighted by Crippen LogP contribution is -2.45. The van der Waals surface area contributed by atoms with Gasteiger partial charge >= 0.3 is 12.1 Å². The molecule has 1 aliphatic carbocycles. The van der Waals surface area contributed by atoms with Crippen LogP contribution in [0.5, 0.6) is 0 Å². The Kier molecular flexibility index (Phi) is 5.79. The van der Waals surface area contributed by atoms with Crippen molar-refractivity contribution in [3.8, 4) is 11.3 Å². The van der Waals surface area contributed by atoms with Gasteiger partial charge in [0.05, 0.1) is 24.5 Å². The summed E-state index contributed by atoms with van der Waals surface area (Å²) in [5.41, 5.74) is 0.0776. The topological polar surface area (TPSA) is 88.7 Å². The molecule has 1 aromatic carbocycles. The molecular formula is C25H24F3N3O4S. The van der Waals surface area contributed by atoms with Gasteiger partial charge in [-0.3, -0.25) is 0 Å². The number of carboxylic acid groups (broad SMARTS) is 1. The van der Waals surface area contributed by atoms with E-state index in [-0.39, 0.29) is 46.8 Å². The van der Waals surface area contributed by atoms with Crippen LogP contribution in [0.4, 0.5) is 18.3 Å². The van der Waals surface area contributed by atoms with Gasteiger partial charge in [-0.05, 0) is 44.6 Å². The number of hydrogen-bond donors (Lipinski definition) is 1. The first-order valence-corrected chi connectivity index (χ1v) is 12.9. The number of halogens is 3. The zero-order chi connectivity index (χ0) is 25.0. The Morgan fingerprint density at radius 1 is 1.17 bits per heavy atom. The third-order valence-electron chi connectivity index (χ3n) is 7.33. The number of alkyl halides is 3. The Morgan fingerprint density at radius 2 is 1.89 bits per heavy atom. The fourth-order valence-corrected chi connectivity index (χ4v) is 6.43. The summed E-state index contributed by atoms with van der Waals surface area (Å²) in [7, 11) is 0. The van der Waals surface area contributed by atoms with Crippen LogP contribution in [-0.4, -0.2) is 39.4 Å². The Labute approximate surface area is 208 Å². The first kappa shape index (κ1) is 23.5. The standard InChI is InChI=1S/C25H24F3N3O4S/c26-25(27,28)19-4-2-1-3-17(19)21-18(22(35-30-21)13-5-6-13)12-34-16-9-14-7-8-15(10-16)31(14)24-29-11-20(36-24)23(32)33/h1-4,11,13-16H,5-10,12H2,(H,32,33). The van der Waals surface area contributed by atoms with Gasteiger partial charge in [0.15, 0.2) is 5.13 Å². The molecule has 2 atom stereocenters. The van der Waals surface area contributed by atoms with E-state index in [1.165, 1.54) is 29.7 Å². The maximum Gasteiger partial charge on any atom is 0.417 e. The van der Waals surface area contributed by atoms with Crippen LogP contribution < -0.4 is 4.90 Å². The Hall–Kier alpha value is -2.92. The highest BCUT2D eigenvalue weighted by Crippen LogP contribution is 2.47. The number of thiazole rings is 1. The highest BCUT2D eigenvalue weighted by Gasteiger charge is 2.43. The minimum atomic E-state index is -4.50. The summed E-state index contributed by atoms with van der Waals surface area (Å²) in [6, 6.07) is 5.82. The number of rotatable bonds is 7. The van der Waals surface area contributed by atoms with E-state index >= 15 is 0 Å². The molecule has 190 valence electrons. The van der Waals surface area contributed by atoms with E-state index in [0.717, 1.165) is 49.7 Å². The van der Waals surface area contributed by atoms with Gasteiger partial charge in [-0.2, -0.15) is 13.2 Å². The number of aromatic nitrogens is 2. The zero-order valence-electron chi connectivity index (χ0n) is 19.2. The lowest BCUT2D eigenvalue weighted by atomic mass is 9.98. The van der Waals surface area contributed by atoms with E-state index < -0.39 is 17.7 Å². The molecule has 4 heterocycles. The number of aromatic carboxylic acids is 1. The molecule has 6 rings (SSSR count). The molecule has 2 aromatic heterocycles. The lowest BCUT2D eigenvalue weighted by molar-refractivity contribution is -0.137. The number of benzene rings is 1. The van der Waals surface area contributed by atoms with Crippen LogP contribution in [0.1, 0.15) is 71.0 Å². The van der Waals surface area contributed by atoms with Crippen LogP contribution in [0.2, 0.25) is 0 Å². The predicted octanol–water partition coefficient (Wildman–Crippen LogP) is 6.11. The molecule has 1 N–H and O–H groups in total. The second-order valence-electron chi connectivity index (χ2n) is 9.70. The average molecular weight is 520 g/mol. The van der Waals surface area contributed by atoms with Crippen LogP contribution in [0.3, 0.4) is 0 Å². The van der Waals surface area contributed by atoms with E-state index in [9.17, 15) is 23.1 Å². The van der Waals surface area contributed by atoms with Crippen LogP contribution >= 0.6 is 11.3 Å². The van der Waals surface area contributed by atoms with Crippen molar-refractivity contribution >= 4 is 22.4 Å². The highest BCUT2D eigenvalue weighted by atomic mass is 32.1. The second kappa shape index (κ2) is 8.88. The van der Waals surface area contributed by atoms with Gasteiger partial charge in [-0.25, -0.2) is 9.78 Å². The van der Waals surface area contributed by atoms with Crippen molar-refractivity contribution in [2.75, 3.05) is 4.90 Å². The van der Waals surface area contributed by atoms with Crippen LogP contribution in [0.25, 0.3) is 11.3 Å². The summed E-state index contributed by atoms with van der Waals surface area (Å²) in [6.07, 6.45) is 2.12. The number of ether oxygens (including phenoxy) is 1. The average Bonchev–Trinajstić information content (AvgIpc) is 3.30. The Bertz CT molecular complexity index is 1270. The monoisotopic (exact) mass is 519 g/mol. The number of nitrogens with zero attached hydrogens (tertiary/aromatic N) is 3.